The van der Waals surface area contributed by atoms with Gasteiger partial charge in [-0.2, -0.15) is 0 Å². The van der Waals surface area contributed by atoms with Crippen molar-refractivity contribution in [3.63, 3.8) is 0 Å². The summed E-state index contributed by atoms with van der Waals surface area (Å²) < 4.78 is 0. The quantitative estimate of drug-likeness (QED) is 0.796. The summed E-state index contributed by atoms with van der Waals surface area (Å²) in [6.07, 6.45) is 5.74. The maximum Gasteiger partial charge on any atom is 0.130 e. The van der Waals surface area contributed by atoms with Gasteiger partial charge in [-0.25, -0.2) is 0 Å². The van der Waals surface area contributed by atoms with Crippen molar-refractivity contribution in [2.75, 3.05) is 0 Å². The monoisotopic (exact) mass is 272 g/mol. The number of rotatable bonds is 4. The molecule has 0 aromatic heterocycles. The molecule has 108 valence electrons. The van der Waals surface area contributed by atoms with E-state index >= 15 is 0 Å². The lowest BCUT2D eigenvalue weighted by atomic mass is 10.1. The Morgan fingerprint density at radius 3 is 2.45 bits per heavy atom. The van der Waals surface area contributed by atoms with Crippen molar-refractivity contribution in [3.8, 4) is 23.7 Å². The molecule has 0 aromatic rings. The molecule has 0 aliphatic heterocycles. The van der Waals surface area contributed by atoms with Crippen molar-refractivity contribution in [1.82, 2.24) is 0 Å². The molecule has 0 unspecified atom stereocenters. The highest BCUT2D eigenvalue weighted by atomic mass is 16.3. The molecule has 0 saturated carbocycles. The van der Waals surface area contributed by atoms with Crippen molar-refractivity contribution in [3.05, 3.63) is 23.3 Å². The standard InChI is InChI=1S/C18H24O2/c1-15(11-7-13-17(3)19)9-6-10-16(2)12-8-14-18(4,5)20/h11-12,20H,7,10,13H2,1-5H3/b15-11+,16-12+. The Morgan fingerprint density at radius 2 is 1.90 bits per heavy atom. The van der Waals surface area contributed by atoms with E-state index in [1.54, 1.807) is 26.8 Å². The van der Waals surface area contributed by atoms with Crippen LogP contribution < -0.4 is 0 Å². The zero-order chi connectivity index (χ0) is 15.6. The first-order valence-corrected chi connectivity index (χ1v) is 6.76. The van der Waals surface area contributed by atoms with Crippen LogP contribution in [0.15, 0.2) is 23.3 Å². The summed E-state index contributed by atoms with van der Waals surface area (Å²) >= 11 is 0. The molecule has 2 nitrogen and oxygen atoms in total. The molecule has 0 heterocycles. The molecule has 0 radical (unpaired) electrons. The molecular formula is C18H24O2. The number of allylic oxidation sites excluding steroid dienone is 4. The van der Waals surface area contributed by atoms with Gasteiger partial charge in [0.2, 0.25) is 0 Å². The topological polar surface area (TPSA) is 37.3 Å². The third kappa shape index (κ3) is 12.7. The molecule has 0 atom stereocenters. The number of carbonyl (C=O) groups is 1. The molecule has 0 amide bonds. The molecule has 0 saturated heterocycles. The Balaban J connectivity index is 4.34. The van der Waals surface area contributed by atoms with Gasteiger partial charge in [-0.3, -0.25) is 0 Å². The summed E-state index contributed by atoms with van der Waals surface area (Å²) in [7, 11) is 0. The van der Waals surface area contributed by atoms with Crippen molar-refractivity contribution >= 4 is 5.78 Å². The van der Waals surface area contributed by atoms with Crippen LogP contribution in [0.1, 0.15) is 53.9 Å². The molecule has 1 N–H and O–H groups in total. The predicted molar refractivity (Wildman–Crippen MR) is 83.9 cm³/mol. The minimum Gasteiger partial charge on any atom is -0.378 e. The number of ketones is 1. The summed E-state index contributed by atoms with van der Waals surface area (Å²) in [6, 6.07) is 0. The SMILES string of the molecule is CC(=O)CC/C=C(\C)C#CC/C(C)=C/C#CC(C)(C)O. The van der Waals surface area contributed by atoms with Crippen LogP contribution in [0, 0.1) is 23.7 Å². The van der Waals surface area contributed by atoms with E-state index in [1.165, 1.54) is 0 Å². The van der Waals surface area contributed by atoms with Crippen molar-refractivity contribution < 1.29 is 9.90 Å². The van der Waals surface area contributed by atoms with Gasteiger partial charge in [-0.05, 0) is 52.7 Å². The van der Waals surface area contributed by atoms with Crippen molar-refractivity contribution in [1.29, 1.82) is 0 Å². The van der Waals surface area contributed by atoms with Gasteiger partial charge in [0, 0.05) is 12.8 Å². The van der Waals surface area contributed by atoms with Gasteiger partial charge < -0.3 is 9.90 Å². The average molecular weight is 272 g/mol. The lowest BCUT2D eigenvalue weighted by molar-refractivity contribution is -0.116. The van der Waals surface area contributed by atoms with E-state index in [-0.39, 0.29) is 5.78 Å². The smallest absolute Gasteiger partial charge is 0.130 e. The first kappa shape index (κ1) is 18.2. The predicted octanol–water partition coefficient (Wildman–Crippen LogP) is 3.42. The molecule has 0 spiro atoms. The molecule has 0 fully saturated rings. The third-order valence-electron chi connectivity index (χ3n) is 2.30. The van der Waals surface area contributed by atoms with Gasteiger partial charge in [-0.1, -0.05) is 35.3 Å². The Kier molecular flexibility index (Phi) is 8.37. The van der Waals surface area contributed by atoms with Crippen LogP contribution in [0.25, 0.3) is 0 Å². The van der Waals surface area contributed by atoms with Crippen LogP contribution in [-0.4, -0.2) is 16.5 Å². The van der Waals surface area contributed by atoms with Crippen molar-refractivity contribution in [2.45, 2.75) is 59.5 Å². The largest absolute Gasteiger partial charge is 0.378 e. The van der Waals surface area contributed by atoms with E-state index in [2.05, 4.69) is 23.7 Å². The summed E-state index contributed by atoms with van der Waals surface area (Å²) in [5, 5.41) is 9.44. The van der Waals surface area contributed by atoms with Gasteiger partial charge >= 0.3 is 0 Å². The Labute approximate surface area is 123 Å². The second-order valence-electron chi connectivity index (χ2n) is 5.43. The first-order chi connectivity index (χ1) is 9.20. The number of hydrogen-bond donors (Lipinski definition) is 1. The van der Waals surface area contributed by atoms with E-state index in [9.17, 15) is 9.90 Å². The summed E-state index contributed by atoms with van der Waals surface area (Å²) in [4.78, 5) is 10.8. The highest BCUT2D eigenvalue weighted by Crippen LogP contribution is 2.01. The van der Waals surface area contributed by atoms with E-state index in [4.69, 9.17) is 0 Å². The summed E-state index contributed by atoms with van der Waals surface area (Å²) in [5.74, 6) is 11.9. The molecule has 0 aliphatic carbocycles. The van der Waals surface area contributed by atoms with Crippen LogP contribution in [0.3, 0.4) is 0 Å². The highest BCUT2D eigenvalue weighted by molar-refractivity contribution is 5.75. The average Bonchev–Trinajstić information content (AvgIpc) is 2.26. The maximum absolute atomic E-state index is 10.8. The van der Waals surface area contributed by atoms with Gasteiger partial charge in [0.05, 0.1) is 0 Å². The van der Waals surface area contributed by atoms with Crippen molar-refractivity contribution in [2.24, 2.45) is 0 Å². The fourth-order valence-corrected chi connectivity index (χ4v) is 1.25. The normalized spacial score (nSPS) is 12.1. The number of carbonyl (C=O) groups excluding carboxylic acids is 1. The van der Waals surface area contributed by atoms with Gasteiger partial charge in [0.25, 0.3) is 0 Å². The van der Waals surface area contributed by atoms with Gasteiger partial charge in [-0.15, -0.1) is 0 Å². The minimum absolute atomic E-state index is 0.200. The van der Waals surface area contributed by atoms with E-state index < -0.39 is 5.60 Å². The Bertz CT molecular complexity index is 506. The zero-order valence-corrected chi connectivity index (χ0v) is 13.1. The van der Waals surface area contributed by atoms with E-state index in [1.807, 2.05) is 19.9 Å². The first-order valence-electron chi connectivity index (χ1n) is 6.76. The second-order valence-corrected chi connectivity index (χ2v) is 5.43. The second kappa shape index (κ2) is 9.18. The Hall–Kier alpha value is -1.77. The van der Waals surface area contributed by atoms with Crippen LogP contribution >= 0.6 is 0 Å². The van der Waals surface area contributed by atoms with Crippen LogP contribution in [0.4, 0.5) is 0 Å². The lowest BCUT2D eigenvalue weighted by Crippen LogP contribution is -2.14. The lowest BCUT2D eigenvalue weighted by Gasteiger charge is -2.05. The van der Waals surface area contributed by atoms with E-state index in [0.29, 0.717) is 12.8 Å². The zero-order valence-electron chi connectivity index (χ0n) is 13.1. The summed E-state index contributed by atoms with van der Waals surface area (Å²) in [5.41, 5.74) is 1.09. The van der Waals surface area contributed by atoms with Crippen LogP contribution in [0.5, 0.6) is 0 Å². The third-order valence-corrected chi connectivity index (χ3v) is 2.30. The molecule has 0 aliphatic rings. The van der Waals surface area contributed by atoms with E-state index in [0.717, 1.165) is 17.6 Å². The van der Waals surface area contributed by atoms with Gasteiger partial charge in [0.1, 0.15) is 11.4 Å². The summed E-state index contributed by atoms with van der Waals surface area (Å²) in [6.45, 7) is 8.80. The van der Waals surface area contributed by atoms with Crippen LogP contribution in [0.2, 0.25) is 0 Å². The minimum atomic E-state index is -0.960. The molecule has 0 bridgehead atoms. The number of aliphatic hydroxyl groups is 1. The fraction of sp³-hybridized carbons (Fsp3) is 0.500. The highest BCUT2D eigenvalue weighted by Gasteiger charge is 2.04. The molecule has 0 rings (SSSR count). The molecule has 0 aromatic carbocycles. The fourth-order valence-electron chi connectivity index (χ4n) is 1.25. The Morgan fingerprint density at radius 1 is 1.25 bits per heavy atom. The molecule has 2 heteroatoms. The molecular weight excluding hydrogens is 248 g/mol. The maximum atomic E-state index is 10.8. The number of hydrogen-bond acceptors (Lipinski definition) is 2. The molecule has 20 heavy (non-hydrogen) atoms. The van der Waals surface area contributed by atoms with Crippen LogP contribution in [-0.2, 0) is 4.79 Å². The van der Waals surface area contributed by atoms with Gasteiger partial charge in [0.15, 0.2) is 0 Å². The number of Topliss-reactive ketones (excluding diaryl/α,β-unsaturated/α-hetero) is 1.